The van der Waals surface area contributed by atoms with Gasteiger partial charge in [0.1, 0.15) is 0 Å². The fourth-order valence-corrected chi connectivity index (χ4v) is 2.50. The number of halogens is 1. The first-order chi connectivity index (χ1) is 8.81. The highest BCUT2D eigenvalue weighted by Gasteiger charge is 1.98. The van der Waals surface area contributed by atoms with Gasteiger partial charge in [-0.25, -0.2) is 0 Å². The molecule has 0 saturated carbocycles. The summed E-state index contributed by atoms with van der Waals surface area (Å²) in [6.07, 6.45) is 1.95. The highest BCUT2D eigenvalue weighted by Crippen LogP contribution is 2.25. The van der Waals surface area contributed by atoms with E-state index in [4.69, 9.17) is 11.6 Å². The maximum absolute atomic E-state index is 5.85. The maximum atomic E-state index is 5.85. The van der Waals surface area contributed by atoms with Gasteiger partial charge in [-0.2, -0.15) is 0 Å². The Balaban J connectivity index is 1.74. The zero-order valence-electron chi connectivity index (χ0n) is 9.48. The zero-order valence-corrected chi connectivity index (χ0v) is 11.1. The van der Waals surface area contributed by atoms with Crippen molar-refractivity contribution < 1.29 is 0 Å². The van der Waals surface area contributed by atoms with Crippen LogP contribution in [0.5, 0.6) is 0 Å². The fourth-order valence-electron chi connectivity index (χ4n) is 1.74. The molecule has 2 nitrogen and oxygen atoms in total. The first-order valence-electron chi connectivity index (χ1n) is 5.57. The minimum absolute atomic E-state index is 0.757. The molecule has 1 aromatic heterocycles. The maximum Gasteiger partial charge on any atom is 0.0455 e. The van der Waals surface area contributed by atoms with Gasteiger partial charge in [0.05, 0.1) is 0 Å². The molecular weight excluding hydrogens is 264 g/mol. The molecule has 0 radical (unpaired) electrons. The Morgan fingerprint density at radius 2 is 1.83 bits per heavy atom. The summed E-state index contributed by atoms with van der Waals surface area (Å²) >= 11 is 7.42. The molecule has 0 amide bonds. The molecule has 1 heterocycles. The topological polar surface area (TPSA) is 27.8 Å². The van der Waals surface area contributed by atoms with Gasteiger partial charge in [-0.3, -0.25) is 0 Å². The Kier molecular flexibility index (Phi) is 3.17. The van der Waals surface area contributed by atoms with E-state index in [2.05, 4.69) is 34.0 Å². The Hall–Kier alpha value is -1.58. The molecule has 0 fully saturated rings. The second kappa shape index (κ2) is 4.96. The molecule has 4 heteroatoms. The van der Waals surface area contributed by atoms with Crippen LogP contribution in [0.25, 0.3) is 10.9 Å². The Labute approximate surface area is 114 Å². The molecule has 0 spiro atoms. The van der Waals surface area contributed by atoms with Crippen molar-refractivity contribution in [3.8, 4) is 0 Å². The molecule has 2 N–H and O–H groups in total. The van der Waals surface area contributed by atoms with Crippen LogP contribution in [0.1, 0.15) is 0 Å². The smallest absolute Gasteiger partial charge is 0.0455 e. The quantitative estimate of drug-likeness (QED) is 0.662. The average Bonchev–Trinajstić information content (AvgIpc) is 2.85. The van der Waals surface area contributed by atoms with Crippen molar-refractivity contribution in [2.45, 2.75) is 4.90 Å². The van der Waals surface area contributed by atoms with Crippen LogP contribution in [-0.4, -0.2) is 4.98 Å². The van der Waals surface area contributed by atoms with E-state index in [1.165, 1.54) is 5.39 Å². The van der Waals surface area contributed by atoms with Crippen molar-refractivity contribution in [1.29, 1.82) is 0 Å². The molecule has 0 aliphatic carbocycles. The molecule has 18 heavy (non-hydrogen) atoms. The molecule has 90 valence electrons. The summed E-state index contributed by atoms with van der Waals surface area (Å²) in [6.45, 7) is 0. The zero-order chi connectivity index (χ0) is 12.4. The van der Waals surface area contributed by atoms with Gasteiger partial charge in [0, 0.05) is 32.7 Å². The standard InChI is InChI=1S/C14H11ClN2S/c15-11-1-4-13(5-2-11)18-17-12-3-6-14-10(9-12)7-8-16-14/h1-9,16-17H. The molecule has 2 aromatic carbocycles. The summed E-state index contributed by atoms with van der Waals surface area (Å²) in [6, 6.07) is 16.1. The Morgan fingerprint density at radius 1 is 1.00 bits per heavy atom. The Morgan fingerprint density at radius 3 is 2.67 bits per heavy atom. The number of nitrogens with one attached hydrogen (secondary N) is 2. The second-order valence-electron chi connectivity index (χ2n) is 3.94. The summed E-state index contributed by atoms with van der Waals surface area (Å²) in [5.41, 5.74) is 2.24. The predicted molar refractivity (Wildman–Crippen MR) is 79.2 cm³/mol. The third-order valence-corrected chi connectivity index (χ3v) is 3.75. The number of anilines is 1. The van der Waals surface area contributed by atoms with Gasteiger partial charge in [-0.05, 0) is 60.5 Å². The lowest BCUT2D eigenvalue weighted by Crippen LogP contribution is -1.86. The van der Waals surface area contributed by atoms with Crippen LogP contribution in [0.3, 0.4) is 0 Å². The number of aromatic nitrogens is 1. The molecule has 0 bridgehead atoms. The van der Waals surface area contributed by atoms with E-state index in [0.717, 1.165) is 21.1 Å². The van der Waals surface area contributed by atoms with Crippen molar-refractivity contribution >= 4 is 40.1 Å². The number of hydrogen-bond donors (Lipinski definition) is 2. The van der Waals surface area contributed by atoms with Crippen molar-refractivity contribution in [2.24, 2.45) is 0 Å². The van der Waals surface area contributed by atoms with Gasteiger partial charge in [0.25, 0.3) is 0 Å². The van der Waals surface area contributed by atoms with E-state index in [-0.39, 0.29) is 0 Å². The molecular formula is C14H11ClN2S. The normalized spacial score (nSPS) is 10.7. The average molecular weight is 275 g/mol. The highest BCUT2D eigenvalue weighted by atomic mass is 35.5. The summed E-state index contributed by atoms with van der Waals surface area (Å²) in [5.74, 6) is 0. The monoisotopic (exact) mass is 274 g/mol. The van der Waals surface area contributed by atoms with Crippen LogP contribution >= 0.6 is 23.5 Å². The summed E-state index contributed by atoms with van der Waals surface area (Å²) in [5, 5.41) is 1.96. The molecule has 0 aliphatic rings. The predicted octanol–water partition coefficient (Wildman–Crippen LogP) is 4.94. The first-order valence-corrected chi connectivity index (χ1v) is 6.76. The largest absolute Gasteiger partial charge is 0.361 e. The van der Waals surface area contributed by atoms with Crippen LogP contribution in [-0.2, 0) is 0 Å². The molecule has 0 atom stereocenters. The molecule has 0 aliphatic heterocycles. The van der Waals surface area contributed by atoms with E-state index >= 15 is 0 Å². The third kappa shape index (κ3) is 2.47. The second-order valence-corrected chi connectivity index (χ2v) is 5.25. The summed E-state index contributed by atoms with van der Waals surface area (Å²) in [4.78, 5) is 4.31. The van der Waals surface area contributed by atoms with Gasteiger partial charge >= 0.3 is 0 Å². The molecule has 0 unspecified atom stereocenters. The minimum atomic E-state index is 0.757. The van der Waals surface area contributed by atoms with Crippen LogP contribution in [0.4, 0.5) is 5.69 Å². The number of aromatic amines is 1. The number of H-pyrrole nitrogens is 1. The van der Waals surface area contributed by atoms with Gasteiger partial charge < -0.3 is 9.71 Å². The van der Waals surface area contributed by atoms with Crippen molar-refractivity contribution in [1.82, 2.24) is 4.98 Å². The molecule has 3 rings (SSSR count). The third-order valence-electron chi connectivity index (χ3n) is 2.65. The van der Waals surface area contributed by atoms with Crippen LogP contribution in [0.2, 0.25) is 5.02 Å². The molecule has 0 saturated heterocycles. The minimum Gasteiger partial charge on any atom is -0.361 e. The summed E-state index contributed by atoms with van der Waals surface area (Å²) < 4.78 is 3.32. The summed E-state index contributed by atoms with van der Waals surface area (Å²) in [7, 11) is 0. The van der Waals surface area contributed by atoms with Crippen molar-refractivity contribution in [2.75, 3.05) is 4.72 Å². The van der Waals surface area contributed by atoms with E-state index < -0.39 is 0 Å². The highest BCUT2D eigenvalue weighted by molar-refractivity contribution is 8.00. The van der Waals surface area contributed by atoms with Gasteiger partial charge in [-0.1, -0.05) is 11.6 Å². The van der Waals surface area contributed by atoms with Crippen molar-refractivity contribution in [3.05, 3.63) is 59.8 Å². The number of rotatable bonds is 3. The molecule has 3 aromatic rings. The van der Waals surface area contributed by atoms with E-state index in [1.807, 2.05) is 30.5 Å². The lowest BCUT2D eigenvalue weighted by atomic mass is 10.2. The van der Waals surface area contributed by atoms with Crippen LogP contribution in [0, 0.1) is 0 Å². The number of hydrogen-bond acceptors (Lipinski definition) is 2. The van der Waals surface area contributed by atoms with Gasteiger partial charge in [0.15, 0.2) is 0 Å². The number of fused-ring (bicyclic) bond motifs is 1. The van der Waals surface area contributed by atoms with Gasteiger partial charge in [-0.15, -0.1) is 0 Å². The first kappa shape index (κ1) is 11.5. The lowest BCUT2D eigenvalue weighted by molar-refractivity contribution is 1.46. The van der Waals surface area contributed by atoms with E-state index in [0.29, 0.717) is 0 Å². The fraction of sp³-hybridized carbons (Fsp3) is 0. The van der Waals surface area contributed by atoms with Gasteiger partial charge in [0.2, 0.25) is 0 Å². The SMILES string of the molecule is Clc1ccc(SNc2ccc3[nH]ccc3c2)cc1. The van der Waals surface area contributed by atoms with Crippen molar-refractivity contribution in [3.63, 3.8) is 0 Å². The van der Waals surface area contributed by atoms with Crippen LogP contribution in [0.15, 0.2) is 59.6 Å². The lowest BCUT2D eigenvalue weighted by Gasteiger charge is -2.05. The van der Waals surface area contributed by atoms with E-state index in [9.17, 15) is 0 Å². The van der Waals surface area contributed by atoms with Crippen LogP contribution < -0.4 is 4.72 Å². The number of benzene rings is 2. The Bertz CT molecular complexity index is 661. The van der Waals surface area contributed by atoms with E-state index in [1.54, 1.807) is 11.9 Å².